The summed E-state index contributed by atoms with van der Waals surface area (Å²) >= 11 is 3.07. The Kier molecular flexibility index (Phi) is 4.95. The van der Waals surface area contributed by atoms with Crippen molar-refractivity contribution in [2.75, 3.05) is 5.32 Å². The van der Waals surface area contributed by atoms with Gasteiger partial charge in [-0.15, -0.1) is 0 Å². The molecule has 0 saturated heterocycles. The number of nitrogens with zero attached hydrogens (tertiary/aromatic N) is 2. The Morgan fingerprint density at radius 3 is 2.57 bits per heavy atom. The van der Waals surface area contributed by atoms with Crippen molar-refractivity contribution in [2.45, 2.75) is 51.4 Å². The van der Waals surface area contributed by atoms with Crippen LogP contribution in [0.1, 0.15) is 32.6 Å². The van der Waals surface area contributed by atoms with Crippen LogP contribution in [-0.4, -0.2) is 22.0 Å². The molecule has 0 bridgehead atoms. The number of anilines is 1. The topological polar surface area (TPSA) is 46.9 Å². The summed E-state index contributed by atoms with van der Waals surface area (Å²) in [4.78, 5) is 11.9. The molecule has 4 nitrogen and oxygen atoms in total. The lowest BCUT2D eigenvalue weighted by Crippen LogP contribution is -2.32. The van der Waals surface area contributed by atoms with E-state index in [1.54, 1.807) is 0 Å². The van der Waals surface area contributed by atoms with E-state index in [0.29, 0.717) is 16.3 Å². The molecule has 1 aromatic rings. The van der Waals surface area contributed by atoms with Crippen LogP contribution in [0.5, 0.6) is 0 Å². The van der Waals surface area contributed by atoms with E-state index >= 15 is 0 Å². The molecular weight excluding hydrogens is 351 g/mol. The molecule has 0 spiro atoms. The quantitative estimate of drug-likeness (QED) is 0.888. The lowest BCUT2D eigenvalue weighted by Gasteiger charge is -2.28. The molecule has 21 heavy (non-hydrogen) atoms. The number of nitrogens with one attached hydrogen (secondary N) is 1. The zero-order chi connectivity index (χ0) is 15.6. The predicted octanol–water partition coefficient (Wildman–Crippen LogP) is 3.56. The Morgan fingerprint density at radius 1 is 1.38 bits per heavy atom. The number of rotatable bonds is 3. The Morgan fingerprint density at radius 2 is 2.00 bits per heavy atom. The summed E-state index contributed by atoms with van der Waals surface area (Å²) in [5.41, 5.74) is -0.320. The molecule has 1 heterocycles. The monoisotopic (exact) mass is 367 g/mol. The van der Waals surface area contributed by atoms with Gasteiger partial charge in [0.05, 0.1) is 11.9 Å². The maximum atomic E-state index is 12.3. The van der Waals surface area contributed by atoms with Gasteiger partial charge in [0.1, 0.15) is 11.0 Å². The Labute approximate surface area is 128 Å². The van der Waals surface area contributed by atoms with Crippen LogP contribution in [0, 0.1) is 5.92 Å². The molecule has 1 aromatic heterocycles. The maximum Gasteiger partial charge on any atom is 0.408 e. The predicted molar refractivity (Wildman–Crippen MR) is 77.3 cm³/mol. The molecule has 0 unspecified atom stereocenters. The number of aromatic nitrogens is 2. The molecule has 1 saturated carbocycles. The van der Waals surface area contributed by atoms with Gasteiger partial charge in [0, 0.05) is 6.04 Å². The fourth-order valence-electron chi connectivity index (χ4n) is 2.47. The lowest BCUT2D eigenvalue weighted by atomic mass is 9.87. The standard InChI is InChI=1S/C13H17BrF3N3O/c1-8-2-4-9(5-3-8)19-10-6-18-20(7-13(15,16)17)12(21)11(10)14/h6,8-9,19H,2-5,7H2,1H3. The van der Waals surface area contributed by atoms with Gasteiger partial charge in [0.25, 0.3) is 5.56 Å². The highest BCUT2D eigenvalue weighted by atomic mass is 79.9. The van der Waals surface area contributed by atoms with Crippen molar-refractivity contribution in [3.63, 3.8) is 0 Å². The third-order valence-electron chi connectivity index (χ3n) is 3.69. The largest absolute Gasteiger partial charge is 0.408 e. The summed E-state index contributed by atoms with van der Waals surface area (Å²) in [6, 6.07) is 0.233. The van der Waals surface area contributed by atoms with E-state index in [1.807, 2.05) is 0 Å². The molecule has 0 aromatic carbocycles. The minimum Gasteiger partial charge on any atom is -0.380 e. The first-order valence-corrected chi connectivity index (χ1v) is 7.64. The summed E-state index contributed by atoms with van der Waals surface area (Å²) in [5.74, 6) is 0.699. The maximum absolute atomic E-state index is 12.3. The number of hydrogen-bond donors (Lipinski definition) is 1. The third-order valence-corrected chi connectivity index (χ3v) is 4.46. The van der Waals surface area contributed by atoms with E-state index in [1.165, 1.54) is 6.20 Å². The van der Waals surface area contributed by atoms with Gasteiger partial charge in [-0.2, -0.15) is 18.3 Å². The Hall–Kier alpha value is -1.05. The van der Waals surface area contributed by atoms with Gasteiger partial charge in [-0.05, 0) is 47.5 Å². The smallest absolute Gasteiger partial charge is 0.380 e. The first-order chi connectivity index (χ1) is 9.76. The number of hydrogen-bond acceptors (Lipinski definition) is 3. The summed E-state index contributed by atoms with van der Waals surface area (Å²) in [5, 5.41) is 6.79. The SMILES string of the molecule is CC1CCC(Nc2cnn(CC(F)(F)F)c(=O)c2Br)CC1. The summed E-state index contributed by atoms with van der Waals surface area (Å²) in [6.45, 7) is 0.817. The molecule has 0 radical (unpaired) electrons. The van der Waals surface area contributed by atoms with Crippen molar-refractivity contribution < 1.29 is 13.2 Å². The Balaban J connectivity index is 2.12. The van der Waals surface area contributed by atoms with Crippen LogP contribution in [0.4, 0.5) is 18.9 Å². The highest BCUT2D eigenvalue weighted by Gasteiger charge is 2.30. The van der Waals surface area contributed by atoms with Crippen molar-refractivity contribution >= 4 is 21.6 Å². The third kappa shape index (κ3) is 4.46. The van der Waals surface area contributed by atoms with Gasteiger partial charge in [0.15, 0.2) is 0 Å². The average Bonchev–Trinajstić information content (AvgIpc) is 2.39. The van der Waals surface area contributed by atoms with Crippen molar-refractivity contribution in [3.8, 4) is 0 Å². The molecule has 1 N–H and O–H groups in total. The van der Waals surface area contributed by atoms with Gasteiger partial charge >= 0.3 is 6.18 Å². The average molecular weight is 368 g/mol. The Bertz CT molecular complexity index is 551. The van der Waals surface area contributed by atoms with Crippen LogP contribution in [-0.2, 0) is 6.54 Å². The van der Waals surface area contributed by atoms with Crippen molar-refractivity contribution in [3.05, 3.63) is 21.0 Å². The first kappa shape index (κ1) is 16.3. The van der Waals surface area contributed by atoms with E-state index in [4.69, 9.17) is 0 Å². The van der Waals surface area contributed by atoms with Crippen LogP contribution < -0.4 is 10.9 Å². The molecule has 0 aliphatic heterocycles. The van der Waals surface area contributed by atoms with Crippen molar-refractivity contribution in [1.29, 1.82) is 0 Å². The molecule has 1 aliphatic rings. The minimum absolute atomic E-state index is 0.0976. The second kappa shape index (κ2) is 6.37. The first-order valence-electron chi connectivity index (χ1n) is 6.85. The lowest BCUT2D eigenvalue weighted by molar-refractivity contribution is -0.143. The van der Waals surface area contributed by atoms with Crippen LogP contribution in [0.25, 0.3) is 0 Å². The molecule has 8 heteroatoms. The number of alkyl halides is 3. The molecule has 0 atom stereocenters. The van der Waals surface area contributed by atoms with Gasteiger partial charge in [-0.25, -0.2) is 4.68 Å². The highest BCUT2D eigenvalue weighted by molar-refractivity contribution is 9.10. The fourth-order valence-corrected chi connectivity index (χ4v) is 2.89. The molecule has 2 rings (SSSR count). The van der Waals surface area contributed by atoms with E-state index in [0.717, 1.165) is 25.7 Å². The van der Waals surface area contributed by atoms with Crippen LogP contribution in [0.15, 0.2) is 15.5 Å². The van der Waals surface area contributed by atoms with E-state index in [-0.39, 0.29) is 10.5 Å². The molecule has 118 valence electrons. The van der Waals surface area contributed by atoms with Gasteiger partial charge in [-0.1, -0.05) is 6.92 Å². The summed E-state index contributed by atoms with van der Waals surface area (Å²) in [6.07, 6.45) is 0.986. The van der Waals surface area contributed by atoms with Gasteiger partial charge < -0.3 is 5.32 Å². The van der Waals surface area contributed by atoms with Gasteiger partial charge in [-0.3, -0.25) is 4.79 Å². The molecular formula is C13H17BrF3N3O. The minimum atomic E-state index is -4.47. The second-order valence-electron chi connectivity index (χ2n) is 5.55. The van der Waals surface area contributed by atoms with E-state index < -0.39 is 18.3 Å². The second-order valence-corrected chi connectivity index (χ2v) is 6.34. The molecule has 0 amide bonds. The highest BCUT2D eigenvalue weighted by Crippen LogP contribution is 2.27. The van der Waals surface area contributed by atoms with Crippen molar-refractivity contribution in [2.24, 2.45) is 5.92 Å². The van der Waals surface area contributed by atoms with E-state index in [9.17, 15) is 18.0 Å². The van der Waals surface area contributed by atoms with Crippen LogP contribution in [0.2, 0.25) is 0 Å². The van der Waals surface area contributed by atoms with Crippen molar-refractivity contribution in [1.82, 2.24) is 9.78 Å². The van der Waals surface area contributed by atoms with E-state index in [2.05, 4.69) is 33.3 Å². The summed E-state index contributed by atoms with van der Waals surface area (Å²) < 4.78 is 37.5. The van der Waals surface area contributed by atoms with Crippen LogP contribution in [0.3, 0.4) is 0 Å². The summed E-state index contributed by atoms with van der Waals surface area (Å²) in [7, 11) is 0. The normalized spacial score (nSPS) is 23.1. The number of halogens is 4. The zero-order valence-corrected chi connectivity index (χ0v) is 13.2. The fraction of sp³-hybridized carbons (Fsp3) is 0.692. The van der Waals surface area contributed by atoms with Gasteiger partial charge in [0.2, 0.25) is 0 Å². The van der Waals surface area contributed by atoms with Crippen LogP contribution >= 0.6 is 15.9 Å². The zero-order valence-electron chi connectivity index (χ0n) is 11.6. The molecule has 1 aliphatic carbocycles. The molecule has 1 fully saturated rings.